The lowest BCUT2D eigenvalue weighted by molar-refractivity contribution is -0.119. The second kappa shape index (κ2) is 14.0. The van der Waals surface area contributed by atoms with E-state index in [1.165, 1.54) is 5.56 Å². The van der Waals surface area contributed by atoms with Gasteiger partial charge in [0.2, 0.25) is 0 Å². The highest BCUT2D eigenvalue weighted by Gasteiger charge is 2.25. The number of aromatic nitrogens is 2. The monoisotopic (exact) mass is 666 g/mol. The molecule has 0 bridgehead atoms. The number of H-pyrrole nitrogens is 2. The van der Waals surface area contributed by atoms with Gasteiger partial charge in [-0.3, -0.25) is 9.59 Å². The predicted octanol–water partition coefficient (Wildman–Crippen LogP) is 7.78. The van der Waals surface area contributed by atoms with Gasteiger partial charge in [-0.2, -0.15) is 0 Å². The van der Waals surface area contributed by atoms with Crippen LogP contribution in [0, 0.1) is 13.8 Å². The molecule has 2 aromatic heterocycles. The summed E-state index contributed by atoms with van der Waals surface area (Å²) in [5.41, 5.74) is 10.9. The van der Waals surface area contributed by atoms with Crippen molar-refractivity contribution in [1.29, 1.82) is 0 Å². The number of Topliss-reactive ketones (excluding diaryl/α,β-unsaturated/α-hetero) is 2. The summed E-state index contributed by atoms with van der Waals surface area (Å²) in [5.74, 6) is -0.146. The molecule has 0 aliphatic heterocycles. The predicted molar refractivity (Wildman–Crippen MR) is 191 cm³/mol. The summed E-state index contributed by atoms with van der Waals surface area (Å²) in [6, 6.07) is 27.3. The first-order valence-corrected chi connectivity index (χ1v) is 17.0. The molecule has 8 rings (SSSR count). The first kappa shape index (κ1) is 32.8. The second-order valence-corrected chi connectivity index (χ2v) is 13.1. The Bertz CT molecular complexity index is 2250. The van der Waals surface area contributed by atoms with Crippen LogP contribution >= 0.6 is 0 Å². The van der Waals surface area contributed by atoms with Gasteiger partial charge < -0.3 is 19.4 Å². The summed E-state index contributed by atoms with van der Waals surface area (Å²) in [5, 5.41) is 1.75. The molecule has 0 fully saturated rings. The maximum atomic E-state index is 12.8. The van der Waals surface area contributed by atoms with E-state index in [2.05, 4.69) is 16.0 Å². The average Bonchev–Trinajstić information content (AvgIpc) is 3.64. The van der Waals surface area contributed by atoms with E-state index >= 15 is 0 Å². The Labute approximate surface area is 289 Å². The molecule has 4 aromatic carbocycles. The Kier molecular flexibility index (Phi) is 9.17. The van der Waals surface area contributed by atoms with Gasteiger partial charge in [-0.05, 0) is 78.3 Å². The number of carbonyl (C=O) groups is 4. The summed E-state index contributed by atoms with van der Waals surface area (Å²) in [7, 11) is 0. The van der Waals surface area contributed by atoms with Crippen molar-refractivity contribution in [3.05, 3.63) is 141 Å². The molecule has 2 heterocycles. The Morgan fingerprint density at radius 1 is 0.600 bits per heavy atom. The van der Waals surface area contributed by atoms with Gasteiger partial charge >= 0.3 is 11.9 Å². The molecule has 2 N–H and O–H groups in total. The topological polar surface area (TPSA) is 118 Å². The van der Waals surface area contributed by atoms with Gasteiger partial charge in [0, 0.05) is 58.9 Å². The number of carbonyl (C=O) groups excluding carboxylic acids is 4. The van der Waals surface area contributed by atoms with Crippen LogP contribution in [0.25, 0.3) is 21.8 Å². The van der Waals surface area contributed by atoms with Gasteiger partial charge in [-0.25, -0.2) is 9.59 Å². The maximum Gasteiger partial charge on any atom is 0.340 e. The van der Waals surface area contributed by atoms with E-state index in [4.69, 9.17) is 9.47 Å². The van der Waals surface area contributed by atoms with Crippen LogP contribution in [0.2, 0.25) is 0 Å². The zero-order valence-electron chi connectivity index (χ0n) is 28.2. The molecule has 0 atom stereocenters. The van der Waals surface area contributed by atoms with E-state index in [0.717, 1.165) is 67.4 Å². The molecule has 2 aliphatic carbocycles. The van der Waals surface area contributed by atoms with E-state index in [-0.39, 0.29) is 36.7 Å². The van der Waals surface area contributed by atoms with Crippen LogP contribution in [0.5, 0.6) is 0 Å². The Morgan fingerprint density at radius 2 is 1.16 bits per heavy atom. The van der Waals surface area contributed by atoms with Crippen molar-refractivity contribution in [2.45, 2.75) is 65.6 Å². The molecule has 0 radical (unpaired) electrons. The van der Waals surface area contributed by atoms with Crippen LogP contribution in [0.15, 0.2) is 84.9 Å². The van der Waals surface area contributed by atoms with Crippen LogP contribution in [0.3, 0.4) is 0 Å². The van der Waals surface area contributed by atoms with Crippen molar-refractivity contribution in [2.75, 3.05) is 0 Å². The molecule has 0 unspecified atom stereocenters. The van der Waals surface area contributed by atoms with Crippen molar-refractivity contribution in [1.82, 2.24) is 9.97 Å². The number of rotatable bonds is 6. The Hall–Kier alpha value is -5.76. The first-order valence-electron chi connectivity index (χ1n) is 17.0. The number of aryl methyl sites for hydroxylation is 4. The molecule has 0 saturated heterocycles. The molecule has 2 aliphatic rings. The van der Waals surface area contributed by atoms with E-state index in [0.29, 0.717) is 43.2 Å². The molecule has 0 spiro atoms. The summed E-state index contributed by atoms with van der Waals surface area (Å²) < 4.78 is 11.0. The molecule has 0 saturated carbocycles. The van der Waals surface area contributed by atoms with Gasteiger partial charge in [-0.15, -0.1) is 0 Å². The number of hydrogen-bond acceptors (Lipinski definition) is 6. The molecule has 0 amide bonds. The highest BCUT2D eigenvalue weighted by molar-refractivity contribution is 6.08. The lowest BCUT2D eigenvalue weighted by atomic mass is 9.87. The summed E-state index contributed by atoms with van der Waals surface area (Å²) >= 11 is 0. The molecule has 6 aromatic rings. The third-order valence-corrected chi connectivity index (χ3v) is 9.60. The minimum absolute atomic E-state index is 0.245. The van der Waals surface area contributed by atoms with Crippen molar-refractivity contribution < 1.29 is 28.7 Å². The molecule has 8 heteroatoms. The Morgan fingerprint density at radius 3 is 1.82 bits per heavy atom. The van der Waals surface area contributed by atoms with Crippen LogP contribution in [0.1, 0.15) is 78.3 Å². The van der Waals surface area contributed by atoms with Crippen molar-refractivity contribution >= 4 is 45.3 Å². The lowest BCUT2D eigenvalue weighted by Gasteiger charge is -2.16. The number of hydrogen-bond donors (Lipinski definition) is 2. The van der Waals surface area contributed by atoms with Gasteiger partial charge in [-0.1, -0.05) is 66.7 Å². The average molecular weight is 667 g/mol. The standard InChI is InChI=1S/2C21H19NO3/c1-13-19(21(24)25-12-14-5-3-2-4-6-14)20-17-9-8-16(23)11-15(17)7-10-18(20)22-13;1-13-20(21(24)25-12-14-5-3-2-4-6-14)18-10-16-9-17(23)8-7-15(16)11-19(18)22-13/h2-7,10,22H,8-9,11-12H2,1H3;2-6,10-11,22H,7-9,12H2,1H3. The van der Waals surface area contributed by atoms with E-state index in [1.807, 2.05) is 92.7 Å². The first-order chi connectivity index (χ1) is 24.2. The SMILES string of the molecule is Cc1[nH]c2cc3c(cc2c1C(=O)OCc1ccccc1)CC(=O)CC3.Cc1[nH]c2ccc3c(c2c1C(=O)OCc1ccccc1)CCC(=O)C3. The van der Waals surface area contributed by atoms with Gasteiger partial charge in [0.05, 0.1) is 11.1 Å². The molecule has 50 heavy (non-hydrogen) atoms. The number of benzene rings is 4. The van der Waals surface area contributed by atoms with Crippen LogP contribution < -0.4 is 0 Å². The number of fused-ring (bicyclic) bond motifs is 5. The number of aromatic amines is 2. The normalized spacial score (nSPS) is 13.7. The fourth-order valence-corrected chi connectivity index (χ4v) is 7.10. The summed E-state index contributed by atoms with van der Waals surface area (Å²) in [6.07, 6.45) is 3.50. The number of ether oxygens (including phenoxy) is 2. The minimum Gasteiger partial charge on any atom is -0.457 e. The zero-order valence-corrected chi connectivity index (χ0v) is 28.2. The quantitative estimate of drug-likeness (QED) is 0.175. The van der Waals surface area contributed by atoms with Gasteiger partial charge in [0.1, 0.15) is 24.8 Å². The number of esters is 2. The summed E-state index contributed by atoms with van der Waals surface area (Å²) in [6.45, 7) is 4.26. The van der Waals surface area contributed by atoms with E-state index in [1.54, 1.807) is 0 Å². The van der Waals surface area contributed by atoms with Crippen LogP contribution in [-0.4, -0.2) is 33.5 Å². The third-order valence-electron chi connectivity index (χ3n) is 9.60. The highest BCUT2D eigenvalue weighted by Crippen LogP contribution is 2.33. The molecule has 8 nitrogen and oxygen atoms in total. The minimum atomic E-state index is -0.338. The van der Waals surface area contributed by atoms with Gasteiger partial charge in [0.15, 0.2) is 0 Å². The fourth-order valence-electron chi connectivity index (χ4n) is 7.10. The number of ketones is 2. The zero-order chi connectivity index (χ0) is 34.8. The van der Waals surface area contributed by atoms with Crippen LogP contribution in [-0.2, 0) is 58.0 Å². The summed E-state index contributed by atoms with van der Waals surface area (Å²) in [4.78, 5) is 55.4. The van der Waals surface area contributed by atoms with Crippen molar-refractivity contribution in [2.24, 2.45) is 0 Å². The third kappa shape index (κ3) is 6.74. The van der Waals surface area contributed by atoms with Crippen molar-refractivity contribution in [3.8, 4) is 0 Å². The maximum absolute atomic E-state index is 12.8. The molecular weight excluding hydrogens is 628 g/mol. The smallest absolute Gasteiger partial charge is 0.340 e. The highest BCUT2D eigenvalue weighted by atomic mass is 16.5. The van der Waals surface area contributed by atoms with Crippen LogP contribution in [0.4, 0.5) is 0 Å². The second-order valence-electron chi connectivity index (χ2n) is 13.1. The van der Waals surface area contributed by atoms with E-state index in [9.17, 15) is 19.2 Å². The van der Waals surface area contributed by atoms with Gasteiger partial charge in [0.25, 0.3) is 0 Å². The molecule has 252 valence electrons. The largest absolute Gasteiger partial charge is 0.457 e. The van der Waals surface area contributed by atoms with Crippen molar-refractivity contribution in [3.63, 3.8) is 0 Å². The lowest BCUT2D eigenvalue weighted by Crippen LogP contribution is -2.14. The Balaban J connectivity index is 0.000000157. The van der Waals surface area contributed by atoms with E-state index < -0.39 is 0 Å². The molecular formula is C42H38N2O6. The number of nitrogens with one attached hydrogen (secondary N) is 2. The fraction of sp³-hybridized carbons (Fsp3) is 0.238.